The summed E-state index contributed by atoms with van der Waals surface area (Å²) in [6.07, 6.45) is 2.65. The molecule has 0 radical (unpaired) electrons. The Bertz CT molecular complexity index is 2580. The van der Waals surface area contributed by atoms with Crippen molar-refractivity contribution in [3.05, 3.63) is 101 Å². The number of nitrogens with one attached hydrogen (secondary N) is 2. The van der Waals surface area contributed by atoms with Crippen LogP contribution in [-0.2, 0) is 77.8 Å². The molecule has 2 saturated heterocycles. The number of fused-ring (bicyclic) bond motifs is 4. The number of hydrogen-bond acceptors (Lipinski definition) is 16. The molecule has 416 valence electrons. The smallest absolute Gasteiger partial charge is 0.253 e. The predicted octanol–water partition coefficient (Wildman–Crippen LogP) is 3.55. The Kier molecular flexibility index (Phi) is 18.0. The Morgan fingerprint density at radius 3 is 2.03 bits per heavy atom. The molecule has 2 aromatic rings. The number of Topliss-reactive ketones (excluding diaryl/α,β-unsaturated/α-hetero) is 1. The van der Waals surface area contributed by atoms with Crippen molar-refractivity contribution in [1.82, 2.24) is 10.2 Å². The lowest BCUT2D eigenvalue weighted by molar-refractivity contribution is -0.360. The van der Waals surface area contributed by atoms with Crippen LogP contribution in [0.25, 0.3) is 0 Å². The number of aliphatic hydroxyl groups excluding tert-OH is 1. The Hall–Kier alpha value is -5.46. The van der Waals surface area contributed by atoms with Crippen molar-refractivity contribution in [3.8, 4) is 0 Å². The second-order valence-corrected chi connectivity index (χ2v) is 20.5. The molecule has 4 aliphatic carbocycles. The molecule has 1 unspecified atom stereocenters. The van der Waals surface area contributed by atoms with Gasteiger partial charge in [0.1, 0.15) is 18.4 Å². The first kappa shape index (κ1) is 56.3. The molecular weight excluding hydrogens is 1010 g/mol. The van der Waals surface area contributed by atoms with Crippen molar-refractivity contribution >= 4 is 40.9 Å². The van der Waals surface area contributed by atoms with Gasteiger partial charge in [-0.25, -0.2) is 8.78 Å². The largest absolute Gasteiger partial charge is 0.388 e. The number of benzene rings is 2. The van der Waals surface area contributed by atoms with Gasteiger partial charge in [-0.3, -0.25) is 33.7 Å². The molecule has 3 heterocycles. The summed E-state index contributed by atoms with van der Waals surface area (Å²) in [7, 11) is 0. The molecular formula is C56H67F2N3O16. The number of ether oxygens (including phenoxy) is 9. The number of amides is 4. The van der Waals surface area contributed by atoms with Crippen LogP contribution in [0.4, 0.5) is 14.5 Å². The van der Waals surface area contributed by atoms with Gasteiger partial charge in [0.25, 0.3) is 11.8 Å². The van der Waals surface area contributed by atoms with Crippen molar-refractivity contribution in [2.75, 3.05) is 104 Å². The van der Waals surface area contributed by atoms with E-state index in [0.717, 1.165) is 22.1 Å². The quantitative estimate of drug-likeness (QED) is 0.0750. The highest BCUT2D eigenvalue weighted by Gasteiger charge is 2.85. The Morgan fingerprint density at radius 1 is 0.740 bits per heavy atom. The number of imide groups is 1. The van der Waals surface area contributed by atoms with Crippen molar-refractivity contribution in [2.45, 2.75) is 87.0 Å². The standard InChI is InChI=1S/C56H67F2N3O16/c1-53-34-47-55(58)42(32-44(57)43-31-40(63)11-14-54(43,55)76-47)41(53)33-46-56(53,45(64)35-62)77-52(75-46)38-7-5-36(6-8-38)29-37-3-2-4-39(30-37)60-49(66)13-17-69-19-21-71-23-25-73-27-28-74-26-24-72-22-20-70-18-15-59-48(65)12-16-61-50(67)9-10-51(61)68/h2-11,14,30-31,41-42,44,46-47,52,62H,12-13,15-29,32-35H2,1H3,(H,59,65)(H,60,66)/t41?,42-,44-,46+,47-,52+,53-,54+,55-,56+/m0/s1. The molecule has 10 atom stereocenters. The molecule has 77 heavy (non-hydrogen) atoms. The number of allylic oxidation sites excluding steroid dienone is 2. The summed E-state index contributed by atoms with van der Waals surface area (Å²) in [4.78, 5) is 74.8. The van der Waals surface area contributed by atoms with Crippen molar-refractivity contribution in [2.24, 2.45) is 17.3 Å². The summed E-state index contributed by atoms with van der Waals surface area (Å²) in [6, 6.07) is 15.1. The summed E-state index contributed by atoms with van der Waals surface area (Å²) in [5.41, 5.74) is -3.06. The van der Waals surface area contributed by atoms with E-state index < -0.39 is 88.8 Å². The van der Waals surface area contributed by atoms with Gasteiger partial charge in [0.2, 0.25) is 11.8 Å². The average Bonchev–Trinajstić information content (AvgIpc) is 4.05. The fraction of sp³-hybridized carbons (Fsp3) is 0.571. The highest BCUT2D eigenvalue weighted by molar-refractivity contribution is 6.13. The van der Waals surface area contributed by atoms with Gasteiger partial charge in [-0.1, -0.05) is 43.3 Å². The molecule has 3 N–H and O–H groups in total. The van der Waals surface area contributed by atoms with E-state index in [1.54, 1.807) is 0 Å². The number of anilines is 1. The SMILES string of the molecule is C[C@]12C[C@@H]3O[C@]45C=CC(=O)C=C4[C@@H](F)C[C@@H](C1C[C@H]1O[C@@H](c4ccc(Cc6cccc(NC(=O)CCOCCOCCOCCOCCOCCOCCNC(=O)CCN7C(=O)C=CC7=O)c6)cc4)O[C@]12C(=O)CO)[C@]35F. The molecule has 0 bridgehead atoms. The molecule has 4 amide bonds. The van der Waals surface area contributed by atoms with Crippen molar-refractivity contribution < 1.29 is 85.3 Å². The maximum Gasteiger partial charge on any atom is 0.253 e. The first-order chi connectivity index (χ1) is 37.2. The van der Waals surface area contributed by atoms with E-state index in [0.29, 0.717) is 96.9 Å². The lowest BCUT2D eigenvalue weighted by Crippen LogP contribution is -2.82. The zero-order valence-electron chi connectivity index (χ0n) is 43.1. The number of aliphatic hydroxyl groups is 1. The predicted molar refractivity (Wildman–Crippen MR) is 268 cm³/mol. The molecule has 1 spiro atoms. The average molecular weight is 1080 g/mol. The lowest BCUT2D eigenvalue weighted by Gasteiger charge is -2.71. The fourth-order valence-corrected chi connectivity index (χ4v) is 12.4. The molecule has 3 saturated carbocycles. The van der Waals surface area contributed by atoms with Crippen LogP contribution in [0.3, 0.4) is 0 Å². The highest BCUT2D eigenvalue weighted by atomic mass is 19.1. The second kappa shape index (κ2) is 24.7. The summed E-state index contributed by atoms with van der Waals surface area (Å²) in [5.74, 6) is -3.65. The van der Waals surface area contributed by atoms with Crippen LogP contribution in [0.5, 0.6) is 0 Å². The Balaban J connectivity index is 0.604. The van der Waals surface area contributed by atoms with Crippen LogP contribution < -0.4 is 10.6 Å². The number of ketones is 2. The third kappa shape index (κ3) is 11.5. The van der Waals surface area contributed by atoms with E-state index in [9.17, 15) is 33.9 Å². The van der Waals surface area contributed by atoms with E-state index in [4.69, 9.17) is 42.6 Å². The summed E-state index contributed by atoms with van der Waals surface area (Å²) in [6.45, 7) is 5.64. The topological polar surface area (TPSA) is 233 Å². The van der Waals surface area contributed by atoms with Crippen LogP contribution in [0.1, 0.15) is 62.0 Å². The Labute approximate surface area is 444 Å². The minimum Gasteiger partial charge on any atom is -0.388 e. The number of rotatable bonds is 30. The van der Waals surface area contributed by atoms with Gasteiger partial charge in [-0.2, -0.15) is 0 Å². The Morgan fingerprint density at radius 2 is 1.38 bits per heavy atom. The molecule has 9 rings (SSSR count). The van der Waals surface area contributed by atoms with Gasteiger partial charge in [-0.05, 0) is 73.1 Å². The van der Waals surface area contributed by atoms with Gasteiger partial charge in [0.15, 0.2) is 29.1 Å². The number of nitrogens with zero attached hydrogens (tertiary/aromatic N) is 1. The van der Waals surface area contributed by atoms with E-state index in [-0.39, 0.29) is 62.6 Å². The molecule has 3 aliphatic heterocycles. The lowest BCUT2D eigenvalue weighted by atomic mass is 9.44. The molecule has 21 heteroatoms. The first-order valence-corrected chi connectivity index (χ1v) is 26.4. The maximum absolute atomic E-state index is 17.5. The second-order valence-electron chi connectivity index (χ2n) is 20.5. The minimum atomic E-state index is -1.98. The van der Waals surface area contributed by atoms with E-state index in [1.165, 1.54) is 24.3 Å². The normalized spacial score (nSPS) is 30.4. The van der Waals surface area contributed by atoms with E-state index in [1.807, 2.05) is 55.5 Å². The number of hydrogen-bond donors (Lipinski definition) is 3. The van der Waals surface area contributed by atoms with Crippen LogP contribution in [-0.4, -0.2) is 179 Å². The maximum atomic E-state index is 17.5. The molecule has 2 aromatic carbocycles. The molecule has 0 aromatic heterocycles. The third-order valence-corrected chi connectivity index (χ3v) is 16.0. The number of halogens is 2. The zero-order valence-corrected chi connectivity index (χ0v) is 43.1. The molecule has 19 nitrogen and oxygen atoms in total. The molecule has 5 fully saturated rings. The molecule has 7 aliphatic rings. The fourth-order valence-electron chi connectivity index (χ4n) is 12.4. The first-order valence-electron chi connectivity index (χ1n) is 26.4. The van der Waals surface area contributed by atoms with Crippen LogP contribution in [0.2, 0.25) is 0 Å². The van der Waals surface area contributed by atoms with Crippen LogP contribution in [0, 0.1) is 17.3 Å². The van der Waals surface area contributed by atoms with Gasteiger partial charge < -0.3 is 58.4 Å². The monoisotopic (exact) mass is 1080 g/mol. The van der Waals surface area contributed by atoms with Crippen LogP contribution in [0.15, 0.2) is 84.5 Å². The summed E-state index contributed by atoms with van der Waals surface area (Å²) in [5, 5.41) is 15.9. The number of carbonyl (C=O) groups is 6. The summed E-state index contributed by atoms with van der Waals surface area (Å²) < 4.78 is 85.9. The van der Waals surface area contributed by atoms with Crippen LogP contribution >= 0.6 is 0 Å². The summed E-state index contributed by atoms with van der Waals surface area (Å²) >= 11 is 0. The minimum absolute atomic E-state index is 0.0176. The van der Waals surface area contributed by atoms with E-state index in [2.05, 4.69) is 10.6 Å². The van der Waals surface area contributed by atoms with Crippen molar-refractivity contribution in [3.63, 3.8) is 0 Å². The zero-order chi connectivity index (χ0) is 54.2. The van der Waals surface area contributed by atoms with Gasteiger partial charge >= 0.3 is 0 Å². The van der Waals surface area contributed by atoms with Gasteiger partial charge in [0.05, 0.1) is 97.9 Å². The van der Waals surface area contributed by atoms with Crippen molar-refractivity contribution in [1.29, 1.82) is 0 Å². The van der Waals surface area contributed by atoms with Gasteiger partial charge in [-0.15, -0.1) is 0 Å². The third-order valence-electron chi connectivity index (χ3n) is 16.0. The highest BCUT2D eigenvalue weighted by Crippen LogP contribution is 2.75. The number of carbonyl (C=O) groups excluding carboxylic acids is 6. The number of alkyl halides is 2. The van der Waals surface area contributed by atoms with E-state index >= 15 is 8.78 Å². The van der Waals surface area contributed by atoms with Gasteiger partial charge in [0, 0.05) is 59.8 Å².